The number of hydrogen-bond acceptors (Lipinski definition) is 10. The van der Waals surface area contributed by atoms with Crippen LogP contribution in [0, 0.1) is 0 Å². The quantitative estimate of drug-likeness (QED) is 0.280. The number of carboxylic acid groups (broad SMARTS) is 2. The van der Waals surface area contributed by atoms with Gasteiger partial charge in [-0.3, -0.25) is 9.59 Å². The smallest absolute Gasteiger partial charge is 0.326 e. The van der Waals surface area contributed by atoms with Crippen molar-refractivity contribution in [1.82, 2.24) is 25.3 Å². The summed E-state index contributed by atoms with van der Waals surface area (Å²) in [5, 5.41) is 20.2. The van der Waals surface area contributed by atoms with Gasteiger partial charge in [-0.15, -0.1) is 12.4 Å². The number of halogens is 1. The molecule has 3 aromatic rings. The Balaban J connectivity index is 0.00000408. The summed E-state index contributed by atoms with van der Waals surface area (Å²) < 4.78 is 0. The Morgan fingerprint density at radius 2 is 1.76 bits per heavy atom. The van der Waals surface area contributed by atoms with E-state index in [1.54, 1.807) is 18.3 Å². The Labute approximate surface area is 199 Å². The van der Waals surface area contributed by atoms with Crippen LogP contribution < -0.4 is 21.7 Å². The molecule has 2 heterocycles. The molecule has 0 radical (unpaired) electrons. The Kier molecular flexibility index (Phi) is 8.45. The van der Waals surface area contributed by atoms with Gasteiger partial charge < -0.3 is 31.9 Å². The van der Waals surface area contributed by atoms with Gasteiger partial charge in [0, 0.05) is 24.7 Å². The fraction of sp³-hybridized carbons (Fsp3) is 0.250. The third kappa shape index (κ3) is 6.38. The summed E-state index contributed by atoms with van der Waals surface area (Å²) in [7, 11) is 1.82. The van der Waals surface area contributed by atoms with Crippen molar-refractivity contribution in [3.05, 3.63) is 41.7 Å². The maximum absolute atomic E-state index is 12.4. The van der Waals surface area contributed by atoms with Crippen LogP contribution in [0.3, 0.4) is 0 Å². The zero-order chi connectivity index (χ0) is 24.1. The number of nitrogen functional groups attached to an aromatic ring is 2. The molecule has 0 aliphatic rings. The lowest BCUT2D eigenvalue weighted by molar-refractivity contribution is -0.140. The molecule has 14 heteroatoms. The van der Waals surface area contributed by atoms with Crippen LogP contribution in [-0.2, 0) is 16.1 Å². The molecule has 1 atom stereocenters. The number of nitrogens with zero attached hydrogens (tertiary/aromatic N) is 5. The molecule has 3 rings (SSSR count). The molecular formula is C20H23ClN8O5. The highest BCUT2D eigenvalue weighted by atomic mass is 35.5. The molecule has 0 fully saturated rings. The highest BCUT2D eigenvalue weighted by Crippen LogP contribution is 2.19. The number of nitrogens with one attached hydrogen (secondary N) is 1. The van der Waals surface area contributed by atoms with Crippen LogP contribution in [0.1, 0.15) is 28.9 Å². The third-order valence-electron chi connectivity index (χ3n) is 4.72. The lowest BCUT2D eigenvalue weighted by atomic mass is 10.1. The van der Waals surface area contributed by atoms with Crippen molar-refractivity contribution in [2.45, 2.75) is 25.4 Å². The van der Waals surface area contributed by atoms with E-state index in [0.717, 1.165) is 5.69 Å². The van der Waals surface area contributed by atoms with Crippen molar-refractivity contribution in [2.75, 3.05) is 23.4 Å². The van der Waals surface area contributed by atoms with Gasteiger partial charge in [-0.25, -0.2) is 14.8 Å². The molecule has 0 aliphatic heterocycles. The number of aromatic nitrogens is 4. The number of aliphatic carboxylic acids is 2. The largest absolute Gasteiger partial charge is 0.481 e. The molecule has 34 heavy (non-hydrogen) atoms. The summed E-state index contributed by atoms with van der Waals surface area (Å²) in [5.74, 6) is -2.91. The van der Waals surface area contributed by atoms with Crippen LogP contribution in [0.5, 0.6) is 0 Å². The van der Waals surface area contributed by atoms with Crippen LogP contribution in [0.25, 0.3) is 11.2 Å². The first-order valence-electron chi connectivity index (χ1n) is 9.75. The van der Waals surface area contributed by atoms with E-state index in [0.29, 0.717) is 23.4 Å². The second kappa shape index (κ2) is 11.0. The van der Waals surface area contributed by atoms with Gasteiger partial charge in [0.25, 0.3) is 5.91 Å². The number of carbonyl (C=O) groups is 3. The van der Waals surface area contributed by atoms with Crippen LogP contribution in [0.4, 0.5) is 17.5 Å². The Bertz CT molecular complexity index is 1210. The molecule has 0 spiro atoms. The number of benzene rings is 1. The number of anilines is 3. The first kappa shape index (κ1) is 26.0. The molecular weight excluding hydrogens is 468 g/mol. The van der Waals surface area contributed by atoms with Crippen molar-refractivity contribution < 1.29 is 24.6 Å². The maximum Gasteiger partial charge on any atom is 0.326 e. The fourth-order valence-corrected chi connectivity index (χ4v) is 3.03. The second-order valence-electron chi connectivity index (χ2n) is 7.20. The molecule has 2 aromatic heterocycles. The van der Waals surface area contributed by atoms with Gasteiger partial charge in [0.1, 0.15) is 6.04 Å². The minimum absolute atomic E-state index is 0. The molecule has 0 saturated carbocycles. The molecule has 1 amide bonds. The summed E-state index contributed by atoms with van der Waals surface area (Å²) in [4.78, 5) is 52.7. The highest BCUT2D eigenvalue weighted by Gasteiger charge is 2.21. The van der Waals surface area contributed by atoms with E-state index < -0.39 is 23.9 Å². The van der Waals surface area contributed by atoms with E-state index in [4.69, 9.17) is 16.6 Å². The Morgan fingerprint density at radius 1 is 1.09 bits per heavy atom. The summed E-state index contributed by atoms with van der Waals surface area (Å²) in [5.41, 5.74) is 13.7. The monoisotopic (exact) mass is 490 g/mol. The van der Waals surface area contributed by atoms with Crippen molar-refractivity contribution in [3.63, 3.8) is 0 Å². The number of nitrogens with two attached hydrogens (primary N) is 2. The standard InChI is InChI=1S/C20H22N8O5.ClH/c1-28(9-11-8-23-17-15(24-11)16(21)26-20(22)27-17)12-4-2-10(3-5-12)18(31)25-13(19(32)33)6-7-14(29)30;/h2-5,8,13H,6-7,9H2,1H3,(H,25,31)(H,29,30)(H,32,33)(H4,21,22,23,26,27);1H. The average Bonchev–Trinajstić information content (AvgIpc) is 2.76. The molecule has 0 aliphatic carbocycles. The summed E-state index contributed by atoms with van der Waals surface area (Å²) in [6, 6.07) is 5.16. The topological polar surface area (TPSA) is 211 Å². The van der Waals surface area contributed by atoms with E-state index in [9.17, 15) is 19.5 Å². The van der Waals surface area contributed by atoms with Gasteiger partial charge in [-0.2, -0.15) is 9.97 Å². The molecule has 0 bridgehead atoms. The van der Waals surface area contributed by atoms with E-state index >= 15 is 0 Å². The van der Waals surface area contributed by atoms with Crippen molar-refractivity contribution in [3.8, 4) is 0 Å². The minimum atomic E-state index is -1.30. The zero-order valence-electron chi connectivity index (χ0n) is 18.0. The number of carboxylic acids is 2. The number of rotatable bonds is 9. The van der Waals surface area contributed by atoms with Gasteiger partial charge >= 0.3 is 11.9 Å². The summed E-state index contributed by atoms with van der Waals surface area (Å²) in [6.45, 7) is 0.370. The first-order valence-corrected chi connectivity index (χ1v) is 9.75. The van der Waals surface area contributed by atoms with Crippen molar-refractivity contribution in [2.24, 2.45) is 0 Å². The fourth-order valence-electron chi connectivity index (χ4n) is 3.03. The molecule has 180 valence electrons. The molecule has 1 aromatic carbocycles. The maximum atomic E-state index is 12.4. The van der Waals surface area contributed by atoms with Crippen molar-refractivity contribution in [1.29, 1.82) is 0 Å². The number of carbonyl (C=O) groups excluding carboxylic acids is 1. The predicted octanol–water partition coefficient (Wildman–Crippen LogP) is 0.690. The van der Waals surface area contributed by atoms with E-state index in [1.165, 1.54) is 12.1 Å². The third-order valence-corrected chi connectivity index (χ3v) is 4.72. The summed E-state index contributed by atoms with van der Waals surface area (Å²) in [6.07, 6.45) is 0.964. The van der Waals surface area contributed by atoms with Gasteiger partial charge in [-0.1, -0.05) is 0 Å². The molecule has 13 nitrogen and oxygen atoms in total. The second-order valence-corrected chi connectivity index (χ2v) is 7.20. The lowest BCUT2D eigenvalue weighted by Crippen LogP contribution is -2.41. The van der Waals surface area contributed by atoms with E-state index in [1.807, 2.05) is 11.9 Å². The number of fused-ring (bicyclic) bond motifs is 1. The predicted molar refractivity (Wildman–Crippen MR) is 126 cm³/mol. The van der Waals surface area contributed by atoms with Crippen molar-refractivity contribution >= 4 is 58.9 Å². The highest BCUT2D eigenvalue weighted by molar-refractivity contribution is 5.97. The Hall–Kier alpha value is -4.26. The Morgan fingerprint density at radius 3 is 2.38 bits per heavy atom. The van der Waals surface area contributed by atoms with E-state index in [-0.39, 0.29) is 42.6 Å². The van der Waals surface area contributed by atoms with Gasteiger partial charge in [-0.05, 0) is 30.7 Å². The van der Waals surface area contributed by atoms with Gasteiger partial charge in [0.2, 0.25) is 5.95 Å². The van der Waals surface area contributed by atoms with Gasteiger partial charge in [0.15, 0.2) is 17.0 Å². The van der Waals surface area contributed by atoms with E-state index in [2.05, 4.69) is 25.3 Å². The minimum Gasteiger partial charge on any atom is -0.481 e. The number of hydrogen-bond donors (Lipinski definition) is 5. The average molecular weight is 491 g/mol. The van der Waals surface area contributed by atoms with Crippen LogP contribution in [0.2, 0.25) is 0 Å². The van der Waals surface area contributed by atoms with Crippen LogP contribution >= 0.6 is 12.4 Å². The van der Waals surface area contributed by atoms with Crippen LogP contribution in [-0.4, -0.2) is 61.1 Å². The number of amides is 1. The van der Waals surface area contributed by atoms with Crippen LogP contribution in [0.15, 0.2) is 30.5 Å². The zero-order valence-corrected chi connectivity index (χ0v) is 18.8. The lowest BCUT2D eigenvalue weighted by Gasteiger charge is -2.19. The molecule has 0 saturated heterocycles. The SMILES string of the molecule is CN(Cc1cnc2nc(N)nc(N)c2n1)c1ccc(C(=O)NC(CCC(=O)O)C(=O)O)cc1.Cl. The first-order chi connectivity index (χ1) is 15.6. The molecule has 7 N–H and O–H groups in total. The summed E-state index contributed by atoms with van der Waals surface area (Å²) >= 11 is 0. The normalized spacial score (nSPS) is 11.3. The molecule has 1 unspecified atom stereocenters. The van der Waals surface area contributed by atoms with Gasteiger partial charge in [0.05, 0.1) is 18.4 Å².